The van der Waals surface area contributed by atoms with E-state index in [1.807, 2.05) is 24.3 Å². The van der Waals surface area contributed by atoms with Crippen molar-refractivity contribution in [2.75, 3.05) is 30.0 Å². The van der Waals surface area contributed by atoms with Gasteiger partial charge in [-0.25, -0.2) is 15.0 Å². The Morgan fingerprint density at radius 1 is 1.11 bits per heavy atom. The van der Waals surface area contributed by atoms with Crippen molar-refractivity contribution >= 4 is 40.9 Å². The van der Waals surface area contributed by atoms with Crippen LogP contribution in [0.15, 0.2) is 52.9 Å². The van der Waals surface area contributed by atoms with Gasteiger partial charge in [0.25, 0.3) is 0 Å². The van der Waals surface area contributed by atoms with Gasteiger partial charge in [0.15, 0.2) is 21.8 Å². The first-order chi connectivity index (χ1) is 17.1. The molecular formula is C24H27N7O2S2. The van der Waals surface area contributed by atoms with Crippen molar-refractivity contribution in [3.63, 3.8) is 0 Å². The summed E-state index contributed by atoms with van der Waals surface area (Å²) in [5.74, 6) is 2.84. The Bertz CT molecular complexity index is 1180. The van der Waals surface area contributed by atoms with Gasteiger partial charge in [0.1, 0.15) is 24.1 Å². The smallest absolute Gasteiger partial charge is 0.232 e. The van der Waals surface area contributed by atoms with E-state index in [9.17, 15) is 0 Å². The number of rotatable bonds is 6. The molecule has 1 fully saturated rings. The van der Waals surface area contributed by atoms with Crippen LogP contribution in [0, 0.1) is 0 Å². The van der Waals surface area contributed by atoms with Gasteiger partial charge in [-0.05, 0) is 73.9 Å². The lowest BCUT2D eigenvalue weighted by molar-refractivity contribution is 0.171. The van der Waals surface area contributed by atoms with Crippen molar-refractivity contribution in [3.8, 4) is 11.5 Å². The summed E-state index contributed by atoms with van der Waals surface area (Å²) in [5, 5.41) is 8.22. The normalized spacial score (nSPS) is 17.1. The number of hydrogen-bond donors (Lipinski definition) is 2. The molecule has 0 radical (unpaired) electrons. The molecule has 1 aromatic carbocycles. The molecule has 0 spiro atoms. The van der Waals surface area contributed by atoms with Gasteiger partial charge in [-0.2, -0.15) is 4.98 Å². The molecule has 2 aliphatic rings. The summed E-state index contributed by atoms with van der Waals surface area (Å²) in [6.07, 6.45) is 6.98. The van der Waals surface area contributed by atoms with Gasteiger partial charge in [0, 0.05) is 37.6 Å². The Hall–Kier alpha value is -3.18. The lowest BCUT2D eigenvalue weighted by atomic mass is 10.0. The van der Waals surface area contributed by atoms with Crippen LogP contribution in [0.4, 0.5) is 11.8 Å². The van der Waals surface area contributed by atoms with Gasteiger partial charge in [-0.3, -0.25) is 0 Å². The van der Waals surface area contributed by atoms with Crippen LogP contribution in [-0.4, -0.2) is 50.8 Å². The summed E-state index contributed by atoms with van der Waals surface area (Å²) in [5.41, 5.74) is 1.03. The standard InChI is InChI=1S/C24H27N7O2S2/c1-16-5-2-3-10-31(16)20-14-21(35-24-25-8-4-9-26-24)29-22(28-20)30-23(34)27-15-17-6-7-18-19(13-17)33-12-11-32-18/h4,6-9,13-14,16H,2-3,5,10-12,15H2,1H3,(H2,27,28,29,30,34)/t16-/m1/s1. The quantitative estimate of drug-likeness (QED) is 0.286. The number of ether oxygens (including phenoxy) is 2. The zero-order chi connectivity index (χ0) is 24.0. The number of nitrogens with zero attached hydrogens (tertiary/aromatic N) is 5. The third-order valence-electron chi connectivity index (χ3n) is 5.81. The van der Waals surface area contributed by atoms with E-state index in [1.54, 1.807) is 18.5 Å². The number of piperidine rings is 1. The van der Waals surface area contributed by atoms with E-state index in [1.165, 1.54) is 18.2 Å². The molecule has 0 saturated carbocycles. The molecule has 5 rings (SSSR count). The molecule has 9 nitrogen and oxygen atoms in total. The van der Waals surface area contributed by atoms with Crippen LogP contribution in [0.1, 0.15) is 31.7 Å². The number of thiocarbonyl (C=S) groups is 1. The molecule has 0 aliphatic carbocycles. The van der Waals surface area contributed by atoms with Crippen LogP contribution in [0.2, 0.25) is 0 Å². The number of fused-ring (bicyclic) bond motifs is 1. The van der Waals surface area contributed by atoms with Crippen molar-refractivity contribution in [2.45, 2.75) is 49.0 Å². The van der Waals surface area contributed by atoms with Crippen molar-refractivity contribution in [2.24, 2.45) is 0 Å². The highest BCUT2D eigenvalue weighted by atomic mass is 32.2. The van der Waals surface area contributed by atoms with Gasteiger partial charge in [0.05, 0.1) is 0 Å². The fourth-order valence-corrected chi connectivity index (χ4v) is 4.94. The number of hydrogen-bond acceptors (Lipinski definition) is 9. The van der Waals surface area contributed by atoms with E-state index in [0.717, 1.165) is 47.3 Å². The van der Waals surface area contributed by atoms with Gasteiger partial charge in [0.2, 0.25) is 5.95 Å². The summed E-state index contributed by atoms with van der Waals surface area (Å²) in [6.45, 7) is 4.87. The summed E-state index contributed by atoms with van der Waals surface area (Å²) in [7, 11) is 0. The fraction of sp³-hybridized carbons (Fsp3) is 0.375. The average Bonchev–Trinajstić information content (AvgIpc) is 2.88. The third-order valence-corrected chi connectivity index (χ3v) is 6.87. The Morgan fingerprint density at radius 2 is 1.94 bits per heavy atom. The molecular weight excluding hydrogens is 482 g/mol. The molecule has 182 valence electrons. The minimum absolute atomic E-state index is 0.414. The van der Waals surface area contributed by atoms with Crippen molar-refractivity contribution in [1.82, 2.24) is 25.3 Å². The highest BCUT2D eigenvalue weighted by molar-refractivity contribution is 7.99. The van der Waals surface area contributed by atoms with E-state index in [0.29, 0.717) is 42.0 Å². The Morgan fingerprint density at radius 3 is 2.77 bits per heavy atom. The Kier molecular flexibility index (Phi) is 7.43. The fourth-order valence-electron chi connectivity index (χ4n) is 4.06. The van der Waals surface area contributed by atoms with E-state index >= 15 is 0 Å². The predicted octanol–water partition coefficient (Wildman–Crippen LogP) is 4.05. The maximum absolute atomic E-state index is 5.67. The van der Waals surface area contributed by atoms with Gasteiger partial charge in [-0.15, -0.1) is 0 Å². The second kappa shape index (κ2) is 11.0. The first-order valence-corrected chi connectivity index (χ1v) is 12.9. The summed E-state index contributed by atoms with van der Waals surface area (Å²) < 4.78 is 11.3. The Labute approximate surface area is 214 Å². The molecule has 1 atom stereocenters. The van der Waals surface area contributed by atoms with E-state index < -0.39 is 0 Å². The van der Waals surface area contributed by atoms with E-state index in [4.69, 9.17) is 26.7 Å². The molecule has 11 heteroatoms. The molecule has 35 heavy (non-hydrogen) atoms. The number of aromatic nitrogens is 4. The molecule has 2 N–H and O–H groups in total. The maximum Gasteiger partial charge on any atom is 0.232 e. The second-order valence-electron chi connectivity index (χ2n) is 8.35. The zero-order valence-corrected chi connectivity index (χ0v) is 21.1. The van der Waals surface area contributed by atoms with Gasteiger partial charge in [-0.1, -0.05) is 6.07 Å². The van der Waals surface area contributed by atoms with Crippen molar-refractivity contribution in [3.05, 3.63) is 48.3 Å². The molecule has 3 aromatic rings. The molecule has 0 bridgehead atoms. The van der Waals surface area contributed by atoms with Gasteiger partial charge >= 0.3 is 0 Å². The van der Waals surface area contributed by atoms with Crippen LogP contribution >= 0.6 is 24.0 Å². The zero-order valence-electron chi connectivity index (χ0n) is 19.4. The van der Waals surface area contributed by atoms with E-state index in [2.05, 4.69) is 37.4 Å². The maximum atomic E-state index is 5.67. The summed E-state index contributed by atoms with van der Waals surface area (Å²) in [6, 6.07) is 10.1. The molecule has 2 aromatic heterocycles. The van der Waals surface area contributed by atoms with Crippen LogP contribution in [0.5, 0.6) is 11.5 Å². The third kappa shape index (κ3) is 6.09. The second-order valence-corrected chi connectivity index (χ2v) is 9.74. The van der Waals surface area contributed by atoms with Crippen LogP contribution < -0.4 is 25.0 Å². The first kappa shape index (κ1) is 23.6. The van der Waals surface area contributed by atoms with Crippen LogP contribution in [0.25, 0.3) is 0 Å². The average molecular weight is 510 g/mol. The monoisotopic (exact) mass is 509 g/mol. The molecule has 0 unspecified atom stereocenters. The molecule has 0 amide bonds. The first-order valence-electron chi connectivity index (χ1n) is 11.7. The van der Waals surface area contributed by atoms with Crippen LogP contribution in [0.3, 0.4) is 0 Å². The summed E-state index contributed by atoms with van der Waals surface area (Å²) >= 11 is 6.95. The van der Waals surface area contributed by atoms with Gasteiger partial charge < -0.3 is 25.0 Å². The van der Waals surface area contributed by atoms with Crippen molar-refractivity contribution < 1.29 is 9.47 Å². The molecule has 4 heterocycles. The minimum Gasteiger partial charge on any atom is -0.486 e. The minimum atomic E-state index is 0.414. The lowest BCUT2D eigenvalue weighted by Gasteiger charge is -2.34. The summed E-state index contributed by atoms with van der Waals surface area (Å²) in [4.78, 5) is 20.4. The Balaban J connectivity index is 1.30. The van der Waals surface area contributed by atoms with Crippen LogP contribution in [-0.2, 0) is 6.54 Å². The van der Waals surface area contributed by atoms with E-state index in [-0.39, 0.29) is 0 Å². The molecule has 1 saturated heterocycles. The number of nitrogens with one attached hydrogen (secondary N) is 2. The van der Waals surface area contributed by atoms with Crippen molar-refractivity contribution in [1.29, 1.82) is 0 Å². The number of benzene rings is 1. The SMILES string of the molecule is C[C@@H]1CCCCN1c1cc(Sc2ncccn2)nc(NC(=S)NCc2ccc3c(c2)OCCO3)n1. The predicted molar refractivity (Wildman–Crippen MR) is 139 cm³/mol. The highest BCUT2D eigenvalue weighted by Gasteiger charge is 2.22. The number of anilines is 2. The molecule has 2 aliphatic heterocycles. The lowest BCUT2D eigenvalue weighted by Crippen LogP contribution is -2.38. The largest absolute Gasteiger partial charge is 0.486 e. The topological polar surface area (TPSA) is 97.3 Å². The highest BCUT2D eigenvalue weighted by Crippen LogP contribution is 2.31.